The maximum Gasteiger partial charge on any atom is -0.0111 e. The largest absolute Gasteiger partial charge is 0.0622 e. The molecule has 0 aliphatic heterocycles. The second-order valence-electron chi connectivity index (χ2n) is 11.8. The van der Waals surface area contributed by atoms with E-state index in [1.807, 2.05) is 0 Å². The van der Waals surface area contributed by atoms with Gasteiger partial charge in [0.05, 0.1) is 0 Å². The second-order valence-corrected chi connectivity index (χ2v) is 11.8. The van der Waals surface area contributed by atoms with Gasteiger partial charge in [0.15, 0.2) is 0 Å². The van der Waals surface area contributed by atoms with E-state index in [0.29, 0.717) is 0 Å². The van der Waals surface area contributed by atoms with Crippen LogP contribution >= 0.6 is 0 Å². The van der Waals surface area contributed by atoms with Crippen LogP contribution in [0, 0.1) is 0 Å². The molecule has 0 N–H and O–H groups in total. The van der Waals surface area contributed by atoms with Crippen LogP contribution in [0.25, 0.3) is 69.8 Å². The molecule has 48 heavy (non-hydrogen) atoms. The van der Waals surface area contributed by atoms with Crippen LogP contribution in [0.4, 0.5) is 0 Å². The fraction of sp³-hybridized carbons (Fsp3) is 0. The molecule has 0 amide bonds. The predicted octanol–water partition coefficient (Wildman–Crippen LogP) is 13.2. The molecule has 7 rings (SSSR count). The summed E-state index contributed by atoms with van der Waals surface area (Å²) < 4.78 is 0. The molecule has 0 radical (unpaired) electrons. The van der Waals surface area contributed by atoms with Crippen molar-refractivity contribution >= 4 is 36.5 Å². The summed E-state index contributed by atoms with van der Waals surface area (Å²) in [6, 6.07) is 64.5. The lowest BCUT2D eigenvalue weighted by atomic mass is 9.88. The van der Waals surface area contributed by atoms with Crippen molar-refractivity contribution in [3.05, 3.63) is 215 Å². The highest BCUT2D eigenvalue weighted by atomic mass is 14.2. The van der Waals surface area contributed by atoms with Crippen molar-refractivity contribution in [2.75, 3.05) is 0 Å². The van der Waals surface area contributed by atoms with E-state index in [2.05, 4.69) is 218 Å². The van der Waals surface area contributed by atoms with Gasteiger partial charge in [-0.05, 0) is 85.0 Å². The number of benzene rings is 7. The Bertz CT molecular complexity index is 1930. The maximum atomic E-state index is 2.34. The first-order valence-electron chi connectivity index (χ1n) is 16.4. The van der Waals surface area contributed by atoms with Crippen LogP contribution in [0.1, 0.15) is 33.4 Å². The number of hydrogen-bond acceptors (Lipinski definition) is 0. The monoisotopic (exact) mass is 612 g/mol. The first kappa shape index (κ1) is 30.4. The van der Waals surface area contributed by atoms with Crippen molar-refractivity contribution in [3.8, 4) is 33.4 Å². The van der Waals surface area contributed by atoms with E-state index in [9.17, 15) is 0 Å². The van der Waals surface area contributed by atoms with Crippen molar-refractivity contribution in [1.29, 1.82) is 0 Å². The summed E-state index contributed by atoms with van der Waals surface area (Å²) >= 11 is 0. The molecule has 7 aromatic rings. The van der Waals surface area contributed by atoms with Gasteiger partial charge in [0, 0.05) is 0 Å². The normalized spacial score (nSPS) is 11.5. The molecule has 0 heterocycles. The molecule has 0 bridgehead atoms. The summed E-state index contributed by atoms with van der Waals surface area (Å²) in [7, 11) is 0. The summed E-state index contributed by atoms with van der Waals surface area (Å²) in [5.74, 6) is 0. The Morgan fingerprint density at radius 1 is 0.229 bits per heavy atom. The minimum Gasteiger partial charge on any atom is -0.0622 e. The third kappa shape index (κ3) is 7.41. The molecule has 0 spiro atoms. The van der Waals surface area contributed by atoms with Gasteiger partial charge in [-0.1, -0.05) is 200 Å². The molecular weight excluding hydrogens is 577 g/mol. The van der Waals surface area contributed by atoms with E-state index in [-0.39, 0.29) is 0 Å². The van der Waals surface area contributed by atoms with Crippen molar-refractivity contribution in [1.82, 2.24) is 0 Å². The van der Waals surface area contributed by atoms with Gasteiger partial charge in [0.1, 0.15) is 0 Å². The molecule has 0 aliphatic carbocycles. The zero-order valence-electron chi connectivity index (χ0n) is 26.8. The van der Waals surface area contributed by atoms with Gasteiger partial charge in [-0.25, -0.2) is 0 Å². The summed E-state index contributed by atoms with van der Waals surface area (Å²) in [5.41, 5.74) is 14.2. The standard InChI is InChI=1S/C48H36/c1-4-16-37(17-5-1)28-31-40-22-10-13-25-46(40)43-34-44(47-26-14-11-23-41(47)32-29-38-18-6-2-7-19-38)36-45(35-43)48-27-15-12-24-42(48)33-30-39-20-8-3-9-21-39/h1-36H/b31-28+,32-29+,33-30+. The highest BCUT2D eigenvalue weighted by molar-refractivity contribution is 5.91. The lowest BCUT2D eigenvalue weighted by Gasteiger charge is -2.16. The molecule has 0 nitrogen and oxygen atoms in total. The molecule has 0 saturated heterocycles. The topological polar surface area (TPSA) is 0 Å². The van der Waals surface area contributed by atoms with Gasteiger partial charge in [-0.2, -0.15) is 0 Å². The van der Waals surface area contributed by atoms with Crippen molar-refractivity contribution in [2.45, 2.75) is 0 Å². The maximum absolute atomic E-state index is 2.34. The van der Waals surface area contributed by atoms with E-state index in [0.717, 1.165) is 0 Å². The van der Waals surface area contributed by atoms with Crippen molar-refractivity contribution in [3.63, 3.8) is 0 Å². The number of rotatable bonds is 9. The first-order valence-corrected chi connectivity index (χ1v) is 16.4. The SMILES string of the molecule is C(=C\c1ccccc1-c1cc(-c2ccccc2/C=C/c2ccccc2)cc(-c2ccccc2/C=C/c2ccccc2)c1)/c1ccccc1. The third-order valence-electron chi connectivity index (χ3n) is 8.51. The molecule has 0 unspecified atom stereocenters. The zero-order valence-corrected chi connectivity index (χ0v) is 26.8. The first-order chi connectivity index (χ1) is 23.8. The van der Waals surface area contributed by atoms with Crippen LogP contribution in [-0.4, -0.2) is 0 Å². The Labute approximate surface area is 284 Å². The van der Waals surface area contributed by atoms with Crippen LogP contribution in [0.15, 0.2) is 182 Å². The average molecular weight is 613 g/mol. The highest BCUT2D eigenvalue weighted by Gasteiger charge is 2.13. The summed E-state index contributed by atoms with van der Waals surface area (Å²) in [6.07, 6.45) is 13.3. The Balaban J connectivity index is 1.38. The van der Waals surface area contributed by atoms with Crippen molar-refractivity contribution < 1.29 is 0 Å². The van der Waals surface area contributed by atoms with Crippen LogP contribution < -0.4 is 0 Å². The quantitative estimate of drug-likeness (QED) is 0.142. The fourth-order valence-corrected chi connectivity index (χ4v) is 6.06. The predicted molar refractivity (Wildman–Crippen MR) is 209 cm³/mol. The van der Waals surface area contributed by atoms with Crippen LogP contribution in [0.2, 0.25) is 0 Å². The molecule has 7 aromatic carbocycles. The van der Waals surface area contributed by atoms with Crippen LogP contribution in [0.5, 0.6) is 0 Å². The molecular formula is C48H36. The average Bonchev–Trinajstić information content (AvgIpc) is 3.17. The zero-order chi connectivity index (χ0) is 32.4. The van der Waals surface area contributed by atoms with Gasteiger partial charge in [-0.3, -0.25) is 0 Å². The fourth-order valence-electron chi connectivity index (χ4n) is 6.06. The Morgan fingerprint density at radius 3 is 0.771 bits per heavy atom. The molecule has 0 aliphatic rings. The molecule has 228 valence electrons. The molecule has 0 fully saturated rings. The minimum atomic E-state index is 1.18. The minimum absolute atomic E-state index is 1.18. The molecule has 0 heteroatoms. The van der Waals surface area contributed by atoms with E-state index in [1.165, 1.54) is 66.8 Å². The van der Waals surface area contributed by atoms with Gasteiger partial charge in [0.2, 0.25) is 0 Å². The second kappa shape index (κ2) is 14.9. The van der Waals surface area contributed by atoms with E-state index in [4.69, 9.17) is 0 Å². The van der Waals surface area contributed by atoms with Crippen LogP contribution in [0.3, 0.4) is 0 Å². The Hall–Kier alpha value is -6.24. The van der Waals surface area contributed by atoms with E-state index in [1.54, 1.807) is 0 Å². The molecule has 0 atom stereocenters. The lowest BCUT2D eigenvalue weighted by molar-refractivity contribution is 1.54. The summed E-state index contributed by atoms with van der Waals surface area (Å²) in [4.78, 5) is 0. The highest BCUT2D eigenvalue weighted by Crippen LogP contribution is 2.37. The number of hydrogen-bond donors (Lipinski definition) is 0. The van der Waals surface area contributed by atoms with Gasteiger partial charge in [0.25, 0.3) is 0 Å². The van der Waals surface area contributed by atoms with Crippen molar-refractivity contribution in [2.24, 2.45) is 0 Å². The smallest absolute Gasteiger partial charge is 0.0111 e. The van der Waals surface area contributed by atoms with Gasteiger partial charge in [-0.15, -0.1) is 0 Å². The Morgan fingerprint density at radius 2 is 0.479 bits per heavy atom. The lowest BCUT2D eigenvalue weighted by Crippen LogP contribution is -1.91. The molecule has 0 saturated carbocycles. The van der Waals surface area contributed by atoms with Gasteiger partial charge >= 0.3 is 0 Å². The van der Waals surface area contributed by atoms with E-state index >= 15 is 0 Å². The Kier molecular flexibility index (Phi) is 9.44. The summed E-state index contributed by atoms with van der Waals surface area (Å²) in [5, 5.41) is 0. The van der Waals surface area contributed by atoms with Crippen LogP contribution in [-0.2, 0) is 0 Å². The van der Waals surface area contributed by atoms with Gasteiger partial charge < -0.3 is 0 Å². The summed E-state index contributed by atoms with van der Waals surface area (Å²) in [6.45, 7) is 0. The third-order valence-corrected chi connectivity index (χ3v) is 8.51. The van der Waals surface area contributed by atoms with E-state index < -0.39 is 0 Å². The molecule has 0 aromatic heterocycles.